The molecule has 2 aromatic rings. The Bertz CT molecular complexity index is 549. The van der Waals surface area contributed by atoms with Crippen LogP contribution in [0.1, 0.15) is 16.7 Å². The van der Waals surface area contributed by atoms with Crippen LogP contribution in [-0.4, -0.2) is 7.11 Å². The first-order valence-corrected chi connectivity index (χ1v) is 6.12. The largest absolute Gasteiger partial charge is 0.416 e. The molecular weight excluding hydrogens is 265 g/mol. The Kier molecular flexibility index (Phi) is 4.45. The van der Waals surface area contributed by atoms with Crippen LogP contribution in [0.3, 0.4) is 0 Å². The molecule has 2 aromatic carbocycles. The second-order valence-corrected chi connectivity index (χ2v) is 4.33. The second kappa shape index (κ2) is 6.09. The average molecular weight is 279 g/mol. The number of hydrogen-bond acceptors (Lipinski definition) is 1. The zero-order chi connectivity index (χ0) is 14.6. The van der Waals surface area contributed by atoms with Gasteiger partial charge in [0.2, 0.25) is 0 Å². The number of ether oxygens (including phenoxy) is 1. The van der Waals surface area contributed by atoms with Crippen LogP contribution in [0.2, 0.25) is 0 Å². The van der Waals surface area contributed by atoms with Crippen molar-refractivity contribution in [3.8, 4) is 0 Å². The number of halogens is 3. The van der Waals surface area contributed by atoms with E-state index in [4.69, 9.17) is 4.74 Å². The van der Waals surface area contributed by atoms with E-state index in [9.17, 15) is 13.2 Å². The predicted octanol–water partition coefficient (Wildman–Crippen LogP) is 4.47. The van der Waals surface area contributed by atoms with Crippen molar-refractivity contribution in [3.05, 3.63) is 77.4 Å². The van der Waals surface area contributed by atoms with Crippen molar-refractivity contribution >= 4 is 0 Å². The van der Waals surface area contributed by atoms with Gasteiger partial charge in [0.15, 0.2) is 0 Å². The average Bonchev–Trinajstić information content (AvgIpc) is 2.45. The fraction of sp³-hybridized carbons (Fsp3) is 0.188. The third kappa shape index (κ3) is 3.39. The Hall–Kier alpha value is -1.81. The van der Waals surface area contributed by atoms with Crippen molar-refractivity contribution in [1.82, 2.24) is 0 Å². The Morgan fingerprint density at radius 1 is 0.950 bits per heavy atom. The Labute approximate surface area is 116 Å². The van der Waals surface area contributed by atoms with Gasteiger partial charge in [0.05, 0.1) is 5.56 Å². The van der Waals surface area contributed by atoms with Crippen molar-refractivity contribution < 1.29 is 17.9 Å². The molecule has 0 bridgehead atoms. The van der Waals surface area contributed by atoms with Gasteiger partial charge >= 0.3 is 6.18 Å². The first-order valence-electron chi connectivity index (χ1n) is 6.12. The van der Waals surface area contributed by atoms with Crippen LogP contribution >= 0.6 is 0 Å². The molecule has 0 unspecified atom stereocenters. The molecule has 4 heteroatoms. The summed E-state index contributed by atoms with van der Waals surface area (Å²) in [5.74, 6) is 0. The summed E-state index contributed by atoms with van der Waals surface area (Å²) < 4.78 is 44.2. The fourth-order valence-corrected chi connectivity index (χ4v) is 2.03. The Balaban J connectivity index is 2.33. The molecule has 20 heavy (non-hydrogen) atoms. The third-order valence-electron chi connectivity index (χ3n) is 2.99. The summed E-state index contributed by atoms with van der Waals surface area (Å²) in [6, 6.07) is 14.7. The summed E-state index contributed by atoms with van der Waals surface area (Å²) in [5, 5.41) is 0. The molecule has 1 radical (unpaired) electrons. The van der Waals surface area contributed by atoms with Gasteiger partial charge in [-0.2, -0.15) is 13.2 Å². The first kappa shape index (κ1) is 14.6. The Morgan fingerprint density at radius 2 is 1.55 bits per heavy atom. The lowest BCUT2D eigenvalue weighted by molar-refractivity contribution is -0.138. The van der Waals surface area contributed by atoms with Crippen molar-refractivity contribution in [1.29, 1.82) is 0 Å². The van der Waals surface area contributed by atoms with E-state index in [1.807, 2.05) is 30.3 Å². The quantitative estimate of drug-likeness (QED) is 0.802. The van der Waals surface area contributed by atoms with Crippen LogP contribution in [0.5, 0.6) is 0 Å². The van der Waals surface area contributed by atoms with Crippen LogP contribution < -0.4 is 0 Å². The van der Waals surface area contributed by atoms with Gasteiger partial charge in [-0.25, -0.2) is 0 Å². The Morgan fingerprint density at radius 3 is 2.15 bits per heavy atom. The zero-order valence-corrected chi connectivity index (χ0v) is 10.9. The normalized spacial score (nSPS) is 11.8. The minimum Gasteiger partial charge on any atom is -0.370 e. The van der Waals surface area contributed by atoms with Gasteiger partial charge in [-0.1, -0.05) is 48.5 Å². The van der Waals surface area contributed by atoms with Crippen LogP contribution in [0.25, 0.3) is 0 Å². The van der Waals surface area contributed by atoms with Gasteiger partial charge in [0.1, 0.15) is 6.10 Å². The summed E-state index contributed by atoms with van der Waals surface area (Å²) in [5.41, 5.74) is 0.320. The highest BCUT2D eigenvalue weighted by atomic mass is 19.4. The van der Waals surface area contributed by atoms with Crippen molar-refractivity contribution in [2.24, 2.45) is 0 Å². The third-order valence-corrected chi connectivity index (χ3v) is 2.99. The molecule has 0 aliphatic heterocycles. The molecule has 0 aliphatic rings. The summed E-state index contributed by atoms with van der Waals surface area (Å²) >= 11 is 0. The number of methoxy groups -OCH3 is 1. The maximum absolute atomic E-state index is 13.0. The van der Waals surface area contributed by atoms with Gasteiger partial charge in [0, 0.05) is 13.5 Å². The second-order valence-electron chi connectivity index (χ2n) is 4.33. The molecule has 0 saturated carbocycles. The molecule has 0 atom stereocenters. The van der Waals surface area contributed by atoms with Crippen LogP contribution in [0.4, 0.5) is 13.2 Å². The summed E-state index contributed by atoms with van der Waals surface area (Å²) in [6.07, 6.45) is -3.76. The highest BCUT2D eigenvalue weighted by Gasteiger charge is 2.35. The minimum absolute atomic E-state index is 0.0892. The lowest BCUT2D eigenvalue weighted by atomic mass is 9.96. The summed E-state index contributed by atoms with van der Waals surface area (Å²) in [6.45, 7) is 0. The number of rotatable bonds is 4. The molecule has 0 amide bonds. The fourth-order valence-electron chi connectivity index (χ4n) is 2.03. The maximum atomic E-state index is 13.0. The van der Waals surface area contributed by atoms with Gasteiger partial charge < -0.3 is 4.74 Å². The highest BCUT2D eigenvalue weighted by molar-refractivity contribution is 5.40. The van der Waals surface area contributed by atoms with E-state index >= 15 is 0 Å². The molecule has 105 valence electrons. The molecule has 0 saturated heterocycles. The van der Waals surface area contributed by atoms with Crippen LogP contribution in [0, 0.1) is 6.10 Å². The molecule has 0 spiro atoms. The van der Waals surface area contributed by atoms with E-state index in [1.165, 1.54) is 19.2 Å². The number of hydrogen-bond donors (Lipinski definition) is 0. The van der Waals surface area contributed by atoms with Crippen LogP contribution in [0.15, 0.2) is 54.6 Å². The zero-order valence-electron chi connectivity index (χ0n) is 10.9. The van der Waals surface area contributed by atoms with Gasteiger partial charge in [-0.3, -0.25) is 0 Å². The number of benzene rings is 2. The van der Waals surface area contributed by atoms with E-state index < -0.39 is 11.7 Å². The molecular formula is C16H14F3O. The monoisotopic (exact) mass is 279 g/mol. The van der Waals surface area contributed by atoms with E-state index in [1.54, 1.807) is 6.07 Å². The van der Waals surface area contributed by atoms with Crippen molar-refractivity contribution in [2.45, 2.75) is 12.6 Å². The van der Waals surface area contributed by atoms with Gasteiger partial charge in [0.25, 0.3) is 0 Å². The van der Waals surface area contributed by atoms with E-state index in [0.29, 0.717) is 12.5 Å². The van der Waals surface area contributed by atoms with Crippen molar-refractivity contribution in [3.63, 3.8) is 0 Å². The summed E-state index contributed by atoms with van der Waals surface area (Å²) in [4.78, 5) is 0. The SMILES string of the molecule is CO[C](Cc1ccccc1)c1ccccc1C(F)(F)F. The predicted molar refractivity (Wildman–Crippen MR) is 70.9 cm³/mol. The molecule has 2 rings (SSSR count). The standard InChI is InChI=1S/C16H14F3O/c1-20-15(11-12-7-3-2-4-8-12)13-9-5-6-10-14(13)16(17,18)19/h2-10H,11H2,1H3. The molecule has 0 aliphatic carbocycles. The van der Waals surface area contributed by atoms with E-state index in [2.05, 4.69) is 0 Å². The lowest BCUT2D eigenvalue weighted by Crippen LogP contribution is -2.15. The summed E-state index contributed by atoms with van der Waals surface area (Å²) in [7, 11) is 1.39. The smallest absolute Gasteiger partial charge is 0.370 e. The van der Waals surface area contributed by atoms with Crippen LogP contribution in [-0.2, 0) is 17.3 Å². The molecule has 1 nitrogen and oxygen atoms in total. The maximum Gasteiger partial charge on any atom is 0.416 e. The molecule has 0 heterocycles. The molecule has 0 fully saturated rings. The van der Waals surface area contributed by atoms with Crippen molar-refractivity contribution in [2.75, 3.05) is 7.11 Å². The molecule has 0 N–H and O–H groups in total. The number of alkyl halides is 3. The van der Waals surface area contributed by atoms with E-state index in [0.717, 1.165) is 11.6 Å². The topological polar surface area (TPSA) is 9.23 Å². The van der Waals surface area contributed by atoms with E-state index in [-0.39, 0.29) is 5.56 Å². The first-order chi connectivity index (χ1) is 9.52. The van der Waals surface area contributed by atoms with Gasteiger partial charge in [-0.05, 0) is 17.2 Å². The highest BCUT2D eigenvalue weighted by Crippen LogP contribution is 2.36. The van der Waals surface area contributed by atoms with Gasteiger partial charge in [-0.15, -0.1) is 0 Å². The minimum atomic E-state index is -4.39. The lowest BCUT2D eigenvalue weighted by Gasteiger charge is -2.19. The molecule has 0 aromatic heterocycles.